The van der Waals surface area contributed by atoms with Gasteiger partial charge < -0.3 is 10.2 Å². The molecule has 0 spiro atoms. The number of hydrogen-bond donors (Lipinski definition) is 1. The Balaban J connectivity index is 1.36. The lowest BCUT2D eigenvalue weighted by Gasteiger charge is -2.10. The van der Waals surface area contributed by atoms with Gasteiger partial charge in [-0.25, -0.2) is 4.39 Å². The van der Waals surface area contributed by atoms with Gasteiger partial charge in [0.05, 0.1) is 5.71 Å². The van der Waals surface area contributed by atoms with Crippen molar-refractivity contribution >= 4 is 22.4 Å². The molecule has 0 aliphatic carbocycles. The number of amides is 1. The second-order valence-corrected chi connectivity index (χ2v) is 6.62. The van der Waals surface area contributed by atoms with Gasteiger partial charge in [-0.05, 0) is 34.0 Å². The number of carbonyl (C=O) groups excluding carboxylic acids is 1. The minimum Gasteiger partial charge on any atom is -0.382 e. The number of rotatable bonds is 5. The molecule has 4 nitrogen and oxygen atoms in total. The highest BCUT2D eigenvalue weighted by Gasteiger charge is 2.28. The number of hydrogen-bond acceptors (Lipinski definition) is 3. The van der Waals surface area contributed by atoms with Crippen LogP contribution in [-0.2, 0) is 22.6 Å². The van der Waals surface area contributed by atoms with Crippen LogP contribution in [-0.4, -0.2) is 17.7 Å². The molecule has 0 bridgehead atoms. The average Bonchev–Trinajstić information content (AvgIpc) is 3.15. The maximum atomic E-state index is 13.2. The molecule has 1 aliphatic rings. The molecule has 1 atom stereocenters. The van der Waals surface area contributed by atoms with Gasteiger partial charge in [0.2, 0.25) is 6.10 Å². The predicted molar refractivity (Wildman–Crippen MR) is 103 cm³/mol. The molecule has 0 radical (unpaired) electrons. The Hall–Kier alpha value is -3.21. The maximum absolute atomic E-state index is 13.2. The molecule has 27 heavy (non-hydrogen) atoms. The smallest absolute Gasteiger partial charge is 0.264 e. The van der Waals surface area contributed by atoms with Crippen molar-refractivity contribution in [3.63, 3.8) is 0 Å². The molecule has 136 valence electrons. The lowest BCUT2D eigenvalue weighted by Crippen LogP contribution is -2.34. The third-order valence-electron chi connectivity index (χ3n) is 4.65. The fourth-order valence-electron chi connectivity index (χ4n) is 3.29. The van der Waals surface area contributed by atoms with E-state index in [0.29, 0.717) is 18.4 Å². The van der Waals surface area contributed by atoms with E-state index in [9.17, 15) is 9.18 Å². The molecule has 3 aromatic carbocycles. The molecule has 1 aliphatic heterocycles. The van der Waals surface area contributed by atoms with E-state index in [-0.39, 0.29) is 18.3 Å². The number of benzene rings is 3. The van der Waals surface area contributed by atoms with Crippen LogP contribution in [0.4, 0.5) is 4.39 Å². The van der Waals surface area contributed by atoms with Crippen LogP contribution in [0.1, 0.15) is 17.5 Å². The first-order valence-electron chi connectivity index (χ1n) is 8.89. The van der Waals surface area contributed by atoms with Gasteiger partial charge in [0.1, 0.15) is 5.82 Å². The minimum atomic E-state index is -0.636. The second kappa shape index (κ2) is 7.58. The van der Waals surface area contributed by atoms with E-state index in [4.69, 9.17) is 4.84 Å². The molecule has 1 N–H and O–H groups in total. The quantitative estimate of drug-likeness (QED) is 0.746. The van der Waals surface area contributed by atoms with E-state index in [1.807, 2.05) is 18.2 Å². The fourth-order valence-corrected chi connectivity index (χ4v) is 3.29. The van der Waals surface area contributed by atoms with Gasteiger partial charge in [0, 0.05) is 19.4 Å². The van der Waals surface area contributed by atoms with Crippen molar-refractivity contribution in [1.82, 2.24) is 5.32 Å². The van der Waals surface area contributed by atoms with Gasteiger partial charge >= 0.3 is 0 Å². The Morgan fingerprint density at radius 3 is 2.81 bits per heavy atom. The maximum Gasteiger partial charge on any atom is 0.264 e. The first-order chi connectivity index (χ1) is 13.2. The van der Waals surface area contributed by atoms with Gasteiger partial charge in [0.25, 0.3) is 5.91 Å². The Morgan fingerprint density at radius 1 is 1.11 bits per heavy atom. The molecule has 3 aromatic rings. The number of halogens is 1. The Morgan fingerprint density at radius 2 is 1.93 bits per heavy atom. The Bertz CT molecular complexity index is 1010. The summed E-state index contributed by atoms with van der Waals surface area (Å²) in [7, 11) is 0. The molecule has 1 amide bonds. The summed E-state index contributed by atoms with van der Waals surface area (Å²) in [5, 5.41) is 9.25. The zero-order chi connectivity index (χ0) is 18.6. The number of oxime groups is 1. The molecule has 1 unspecified atom stereocenters. The van der Waals surface area contributed by atoms with Crippen LogP contribution < -0.4 is 5.32 Å². The highest BCUT2D eigenvalue weighted by molar-refractivity contribution is 5.96. The summed E-state index contributed by atoms with van der Waals surface area (Å²) >= 11 is 0. The van der Waals surface area contributed by atoms with Crippen molar-refractivity contribution in [3.05, 3.63) is 83.7 Å². The van der Waals surface area contributed by atoms with Crippen LogP contribution in [0.25, 0.3) is 10.8 Å². The lowest BCUT2D eigenvalue weighted by atomic mass is 9.98. The predicted octanol–water partition coefficient (Wildman–Crippen LogP) is 3.98. The second-order valence-electron chi connectivity index (χ2n) is 6.62. The summed E-state index contributed by atoms with van der Waals surface area (Å²) in [6, 6.07) is 20.5. The summed E-state index contributed by atoms with van der Waals surface area (Å²) in [5.41, 5.74) is 2.71. The highest BCUT2D eigenvalue weighted by Crippen LogP contribution is 2.22. The van der Waals surface area contributed by atoms with Crippen molar-refractivity contribution in [3.8, 4) is 0 Å². The van der Waals surface area contributed by atoms with Crippen molar-refractivity contribution in [1.29, 1.82) is 0 Å². The summed E-state index contributed by atoms with van der Waals surface area (Å²) in [5.74, 6) is -0.560. The monoisotopic (exact) mass is 362 g/mol. The summed E-state index contributed by atoms with van der Waals surface area (Å²) < 4.78 is 13.2. The Labute approximate surface area is 156 Å². The van der Waals surface area contributed by atoms with E-state index in [1.54, 1.807) is 12.1 Å². The summed E-state index contributed by atoms with van der Waals surface area (Å²) in [6.45, 7) is 0.259. The molecule has 0 saturated heterocycles. The standard InChI is InChI=1S/C22H19FN2O2/c23-18-9-3-5-15(11-18)14-24-22(26)21-13-19(25-27-21)12-17-8-4-7-16-6-1-2-10-20(16)17/h1-11,21H,12-14H2,(H,24,26). The van der Waals surface area contributed by atoms with Crippen molar-refractivity contribution in [2.24, 2.45) is 5.16 Å². The fraction of sp³-hybridized carbons (Fsp3) is 0.182. The van der Waals surface area contributed by atoms with Crippen molar-refractivity contribution in [2.75, 3.05) is 0 Å². The van der Waals surface area contributed by atoms with Gasteiger partial charge in [0.15, 0.2) is 0 Å². The average molecular weight is 362 g/mol. The third-order valence-corrected chi connectivity index (χ3v) is 4.65. The highest BCUT2D eigenvalue weighted by atomic mass is 19.1. The van der Waals surface area contributed by atoms with E-state index in [2.05, 4.69) is 34.7 Å². The van der Waals surface area contributed by atoms with E-state index >= 15 is 0 Å². The van der Waals surface area contributed by atoms with Crippen molar-refractivity contribution in [2.45, 2.75) is 25.5 Å². The molecule has 1 heterocycles. The Kier molecular flexibility index (Phi) is 4.83. The van der Waals surface area contributed by atoms with Gasteiger partial charge in [-0.15, -0.1) is 0 Å². The van der Waals surface area contributed by atoms with Crippen LogP contribution in [0.2, 0.25) is 0 Å². The van der Waals surface area contributed by atoms with Crippen LogP contribution in [0.5, 0.6) is 0 Å². The first kappa shape index (κ1) is 17.2. The molecule has 0 aromatic heterocycles. The number of nitrogens with zero attached hydrogens (tertiary/aromatic N) is 1. The molecule has 4 rings (SSSR count). The van der Waals surface area contributed by atoms with Crippen LogP contribution in [0.3, 0.4) is 0 Å². The van der Waals surface area contributed by atoms with E-state index < -0.39 is 6.10 Å². The van der Waals surface area contributed by atoms with Crippen molar-refractivity contribution < 1.29 is 14.0 Å². The summed E-state index contributed by atoms with van der Waals surface area (Å²) in [6.07, 6.45) is 0.469. The van der Waals surface area contributed by atoms with Gasteiger partial charge in [-0.3, -0.25) is 4.79 Å². The summed E-state index contributed by atoms with van der Waals surface area (Å²) in [4.78, 5) is 17.6. The SMILES string of the molecule is O=C(NCc1cccc(F)c1)C1CC(Cc2cccc3ccccc23)=NO1. The van der Waals surface area contributed by atoms with Crippen LogP contribution in [0.15, 0.2) is 71.9 Å². The molecule has 0 saturated carbocycles. The molecular formula is C22H19FN2O2. The largest absolute Gasteiger partial charge is 0.382 e. The lowest BCUT2D eigenvalue weighted by molar-refractivity contribution is -0.131. The number of nitrogens with one attached hydrogen (secondary N) is 1. The molecule has 0 fully saturated rings. The van der Waals surface area contributed by atoms with E-state index in [0.717, 1.165) is 11.3 Å². The normalized spacial score (nSPS) is 16.0. The zero-order valence-electron chi connectivity index (χ0n) is 14.7. The van der Waals surface area contributed by atoms with Crippen LogP contribution >= 0.6 is 0 Å². The zero-order valence-corrected chi connectivity index (χ0v) is 14.7. The van der Waals surface area contributed by atoms with E-state index in [1.165, 1.54) is 22.9 Å². The van der Waals surface area contributed by atoms with Gasteiger partial charge in [-0.2, -0.15) is 0 Å². The number of fused-ring (bicyclic) bond motifs is 1. The number of carbonyl (C=O) groups is 1. The molecule has 5 heteroatoms. The topological polar surface area (TPSA) is 50.7 Å². The first-order valence-corrected chi connectivity index (χ1v) is 8.89. The van der Waals surface area contributed by atoms with Crippen LogP contribution in [0, 0.1) is 5.82 Å². The third kappa shape index (κ3) is 3.97. The van der Waals surface area contributed by atoms with Gasteiger partial charge in [-0.1, -0.05) is 59.8 Å². The minimum absolute atomic E-state index is 0.240. The molecular weight excluding hydrogens is 343 g/mol.